The van der Waals surface area contributed by atoms with Gasteiger partial charge in [0.25, 0.3) is 0 Å². The van der Waals surface area contributed by atoms with Crippen LogP contribution in [0.3, 0.4) is 0 Å². The topological polar surface area (TPSA) is 61.4 Å². The number of hydrogen-bond acceptors (Lipinski definition) is 3. The standard InChI is InChI=1S/C14H18Cl2N2O2.ClH/c15-10-4-9(5-11(16)6-10)13(19)8-18-14(20)7-12-2-1-3-17-12;/h4-6,12-13,17,19H,1-3,7-8H2,(H,18,20);1H. The van der Waals surface area contributed by atoms with E-state index in [4.69, 9.17) is 23.2 Å². The molecule has 21 heavy (non-hydrogen) atoms. The molecule has 0 radical (unpaired) electrons. The molecule has 1 saturated heterocycles. The molecule has 118 valence electrons. The van der Waals surface area contributed by atoms with E-state index in [0.717, 1.165) is 19.4 Å². The highest BCUT2D eigenvalue weighted by atomic mass is 35.5. The van der Waals surface area contributed by atoms with Crippen molar-refractivity contribution in [2.75, 3.05) is 13.1 Å². The molecule has 0 spiro atoms. The summed E-state index contributed by atoms with van der Waals surface area (Å²) in [5.74, 6) is -0.0587. The third kappa shape index (κ3) is 6.01. The molecule has 0 aliphatic carbocycles. The number of rotatable bonds is 5. The van der Waals surface area contributed by atoms with E-state index in [-0.39, 0.29) is 30.9 Å². The van der Waals surface area contributed by atoms with Crippen LogP contribution in [0.1, 0.15) is 30.9 Å². The van der Waals surface area contributed by atoms with Crippen LogP contribution in [-0.4, -0.2) is 30.1 Å². The van der Waals surface area contributed by atoms with Crippen LogP contribution in [0.15, 0.2) is 18.2 Å². The Kier molecular flexibility index (Phi) is 7.77. The summed E-state index contributed by atoms with van der Waals surface area (Å²) in [7, 11) is 0. The van der Waals surface area contributed by atoms with Crippen molar-refractivity contribution in [1.82, 2.24) is 10.6 Å². The second-order valence-electron chi connectivity index (χ2n) is 5.02. The van der Waals surface area contributed by atoms with Crippen molar-refractivity contribution in [1.29, 1.82) is 0 Å². The first-order valence-corrected chi connectivity index (χ1v) is 7.44. The summed E-state index contributed by atoms with van der Waals surface area (Å²) in [6, 6.07) is 5.14. The van der Waals surface area contributed by atoms with E-state index in [2.05, 4.69) is 10.6 Å². The third-order valence-electron chi connectivity index (χ3n) is 3.36. The van der Waals surface area contributed by atoms with Crippen LogP contribution in [0.5, 0.6) is 0 Å². The molecule has 0 saturated carbocycles. The molecule has 1 aliphatic rings. The number of carbonyl (C=O) groups excluding carboxylic acids is 1. The zero-order valence-corrected chi connectivity index (χ0v) is 13.8. The number of halogens is 3. The van der Waals surface area contributed by atoms with Crippen molar-refractivity contribution < 1.29 is 9.90 Å². The highest BCUT2D eigenvalue weighted by Crippen LogP contribution is 2.23. The van der Waals surface area contributed by atoms with Crippen LogP contribution < -0.4 is 10.6 Å². The maximum absolute atomic E-state index is 11.8. The Hall–Kier alpha value is -0.520. The van der Waals surface area contributed by atoms with E-state index < -0.39 is 6.10 Å². The summed E-state index contributed by atoms with van der Waals surface area (Å²) in [6.07, 6.45) is 1.77. The Bertz CT molecular complexity index is 459. The first-order chi connectivity index (χ1) is 9.54. The molecule has 1 aliphatic heterocycles. The molecule has 3 N–H and O–H groups in total. The van der Waals surface area contributed by atoms with Crippen LogP contribution in [-0.2, 0) is 4.79 Å². The molecule has 2 atom stereocenters. The average molecular weight is 354 g/mol. The van der Waals surface area contributed by atoms with Gasteiger partial charge in [-0.05, 0) is 43.1 Å². The lowest BCUT2D eigenvalue weighted by Crippen LogP contribution is -2.34. The van der Waals surface area contributed by atoms with E-state index in [1.165, 1.54) is 0 Å². The summed E-state index contributed by atoms with van der Waals surface area (Å²) in [5.41, 5.74) is 0.599. The largest absolute Gasteiger partial charge is 0.387 e. The maximum atomic E-state index is 11.8. The van der Waals surface area contributed by atoms with Gasteiger partial charge >= 0.3 is 0 Å². The number of hydrogen-bond donors (Lipinski definition) is 3. The van der Waals surface area contributed by atoms with Crippen molar-refractivity contribution in [2.45, 2.75) is 31.4 Å². The van der Waals surface area contributed by atoms with Gasteiger partial charge in [0.1, 0.15) is 0 Å². The van der Waals surface area contributed by atoms with Crippen LogP contribution >= 0.6 is 35.6 Å². The van der Waals surface area contributed by atoms with Gasteiger partial charge in [0.05, 0.1) is 6.10 Å². The molecule has 4 nitrogen and oxygen atoms in total. The van der Waals surface area contributed by atoms with E-state index in [1.54, 1.807) is 18.2 Å². The van der Waals surface area contributed by atoms with Gasteiger partial charge in [0.2, 0.25) is 5.91 Å². The predicted molar refractivity (Wildman–Crippen MR) is 87.3 cm³/mol. The molecule has 7 heteroatoms. The Morgan fingerprint density at radius 1 is 1.38 bits per heavy atom. The number of amides is 1. The van der Waals surface area contributed by atoms with E-state index >= 15 is 0 Å². The van der Waals surface area contributed by atoms with Gasteiger partial charge in [-0.2, -0.15) is 0 Å². The molecule has 2 rings (SSSR count). The fraction of sp³-hybridized carbons (Fsp3) is 0.500. The number of benzene rings is 1. The molecule has 0 aromatic heterocycles. The minimum atomic E-state index is -0.813. The van der Waals surface area contributed by atoms with Gasteiger partial charge in [-0.15, -0.1) is 12.4 Å². The van der Waals surface area contributed by atoms with Crippen molar-refractivity contribution in [3.63, 3.8) is 0 Å². The Balaban J connectivity index is 0.00000220. The van der Waals surface area contributed by atoms with Crippen molar-refractivity contribution in [2.24, 2.45) is 0 Å². The summed E-state index contributed by atoms with van der Waals surface area (Å²) >= 11 is 11.8. The summed E-state index contributed by atoms with van der Waals surface area (Å²) in [6.45, 7) is 1.13. The van der Waals surface area contributed by atoms with Gasteiger partial charge in [0.15, 0.2) is 0 Å². The average Bonchev–Trinajstić information content (AvgIpc) is 2.87. The molecule has 1 amide bonds. The highest BCUT2D eigenvalue weighted by Gasteiger charge is 2.18. The molecule has 0 bridgehead atoms. The predicted octanol–water partition coefficient (Wildman–Crippen LogP) is 2.71. The Morgan fingerprint density at radius 2 is 2.05 bits per heavy atom. The molecule has 2 unspecified atom stereocenters. The zero-order chi connectivity index (χ0) is 14.5. The molecule has 1 aromatic carbocycles. The van der Waals surface area contributed by atoms with Crippen LogP contribution in [0.2, 0.25) is 10.0 Å². The maximum Gasteiger partial charge on any atom is 0.221 e. The van der Waals surface area contributed by atoms with Crippen molar-refractivity contribution in [3.8, 4) is 0 Å². The molecule has 1 fully saturated rings. The van der Waals surface area contributed by atoms with Crippen molar-refractivity contribution >= 4 is 41.5 Å². The Morgan fingerprint density at radius 3 is 2.62 bits per heavy atom. The lowest BCUT2D eigenvalue weighted by molar-refractivity contribution is -0.122. The SMILES string of the molecule is Cl.O=C(CC1CCCN1)NCC(O)c1cc(Cl)cc(Cl)c1. The summed E-state index contributed by atoms with van der Waals surface area (Å²) in [4.78, 5) is 11.8. The number of nitrogens with one attached hydrogen (secondary N) is 2. The molecule has 1 aromatic rings. The number of aliphatic hydroxyl groups is 1. The van der Waals surface area contributed by atoms with Crippen LogP contribution in [0, 0.1) is 0 Å². The molecular weight excluding hydrogens is 335 g/mol. The lowest BCUT2D eigenvalue weighted by atomic mass is 10.1. The fourth-order valence-corrected chi connectivity index (χ4v) is 2.87. The minimum absolute atomic E-state index is 0. The third-order valence-corrected chi connectivity index (χ3v) is 3.79. The second-order valence-corrected chi connectivity index (χ2v) is 5.89. The van der Waals surface area contributed by atoms with Gasteiger partial charge in [-0.3, -0.25) is 4.79 Å². The van der Waals surface area contributed by atoms with Gasteiger partial charge in [0, 0.05) is 29.1 Å². The fourth-order valence-electron chi connectivity index (χ4n) is 2.32. The Labute approximate surface area is 140 Å². The van der Waals surface area contributed by atoms with Crippen LogP contribution in [0.4, 0.5) is 0 Å². The lowest BCUT2D eigenvalue weighted by Gasteiger charge is -2.14. The monoisotopic (exact) mass is 352 g/mol. The van der Waals surface area contributed by atoms with Gasteiger partial charge in [-0.1, -0.05) is 23.2 Å². The first-order valence-electron chi connectivity index (χ1n) is 6.69. The van der Waals surface area contributed by atoms with Crippen LogP contribution in [0.25, 0.3) is 0 Å². The first kappa shape index (κ1) is 18.5. The smallest absolute Gasteiger partial charge is 0.221 e. The highest BCUT2D eigenvalue weighted by molar-refractivity contribution is 6.34. The summed E-state index contributed by atoms with van der Waals surface area (Å²) < 4.78 is 0. The van der Waals surface area contributed by atoms with E-state index in [9.17, 15) is 9.90 Å². The van der Waals surface area contributed by atoms with E-state index in [0.29, 0.717) is 22.0 Å². The molecule has 1 heterocycles. The number of carbonyl (C=O) groups is 1. The zero-order valence-electron chi connectivity index (χ0n) is 11.4. The number of aliphatic hydroxyl groups excluding tert-OH is 1. The quantitative estimate of drug-likeness (QED) is 0.763. The second kappa shape index (κ2) is 8.81. The van der Waals surface area contributed by atoms with Gasteiger partial charge in [-0.25, -0.2) is 0 Å². The summed E-state index contributed by atoms with van der Waals surface area (Å²) in [5, 5.41) is 17.0. The normalized spacial score (nSPS) is 18.9. The molecular formula is C14H19Cl3N2O2. The minimum Gasteiger partial charge on any atom is -0.387 e. The van der Waals surface area contributed by atoms with Crippen molar-refractivity contribution in [3.05, 3.63) is 33.8 Å². The van der Waals surface area contributed by atoms with Gasteiger partial charge < -0.3 is 15.7 Å². The van der Waals surface area contributed by atoms with E-state index in [1.807, 2.05) is 0 Å².